The second kappa shape index (κ2) is 11.2. The van der Waals surface area contributed by atoms with Crippen LogP contribution in [0.4, 0.5) is 5.00 Å². The zero-order valence-corrected chi connectivity index (χ0v) is 19.8. The van der Waals surface area contributed by atoms with E-state index in [-0.39, 0.29) is 5.91 Å². The van der Waals surface area contributed by atoms with E-state index in [1.807, 2.05) is 18.2 Å². The van der Waals surface area contributed by atoms with Gasteiger partial charge in [-0.15, -0.1) is 11.3 Å². The molecule has 172 valence electrons. The highest BCUT2D eigenvalue weighted by atomic mass is 32.1. The Morgan fingerprint density at radius 2 is 2.09 bits per heavy atom. The predicted octanol–water partition coefficient (Wildman–Crippen LogP) is 5.20. The fraction of sp³-hybridized carbons (Fsp3) is 0.440. The van der Waals surface area contributed by atoms with Gasteiger partial charge in [0.2, 0.25) is 5.91 Å². The van der Waals surface area contributed by atoms with Gasteiger partial charge in [-0.05, 0) is 60.9 Å². The number of methoxy groups -OCH3 is 1. The van der Waals surface area contributed by atoms with Crippen LogP contribution in [-0.4, -0.2) is 25.5 Å². The van der Waals surface area contributed by atoms with E-state index in [0.29, 0.717) is 34.6 Å². The van der Waals surface area contributed by atoms with E-state index in [0.717, 1.165) is 54.5 Å². The van der Waals surface area contributed by atoms with Crippen molar-refractivity contribution in [1.29, 1.82) is 0 Å². The third-order valence-electron chi connectivity index (χ3n) is 5.62. The van der Waals surface area contributed by atoms with Crippen molar-refractivity contribution < 1.29 is 19.1 Å². The summed E-state index contributed by atoms with van der Waals surface area (Å²) in [6.07, 6.45) is 9.18. The summed E-state index contributed by atoms with van der Waals surface area (Å²) < 4.78 is 11.2. The number of rotatable bonds is 10. The van der Waals surface area contributed by atoms with E-state index in [4.69, 9.17) is 15.2 Å². The van der Waals surface area contributed by atoms with Crippen molar-refractivity contribution in [3.63, 3.8) is 0 Å². The van der Waals surface area contributed by atoms with Crippen molar-refractivity contribution >= 4 is 34.2 Å². The molecule has 32 heavy (non-hydrogen) atoms. The van der Waals surface area contributed by atoms with E-state index in [9.17, 15) is 9.59 Å². The molecule has 6 nitrogen and oxygen atoms in total. The summed E-state index contributed by atoms with van der Waals surface area (Å²) in [5.74, 6) is 1.09. The minimum atomic E-state index is -0.490. The molecule has 1 aromatic heterocycles. The van der Waals surface area contributed by atoms with E-state index in [1.165, 1.54) is 17.4 Å². The molecular weight excluding hydrogens is 424 g/mol. The minimum absolute atomic E-state index is 0.307. The number of carbonyl (C=O) groups is 2. The highest BCUT2D eigenvalue weighted by Crippen LogP contribution is 2.39. The Balaban J connectivity index is 1.69. The number of thiophene rings is 1. The molecule has 0 saturated carbocycles. The molecule has 1 aliphatic carbocycles. The van der Waals surface area contributed by atoms with E-state index in [1.54, 1.807) is 13.2 Å². The Kier molecular flexibility index (Phi) is 8.33. The van der Waals surface area contributed by atoms with Crippen molar-refractivity contribution in [2.45, 2.75) is 52.4 Å². The topological polar surface area (TPSA) is 90.6 Å². The zero-order valence-electron chi connectivity index (χ0n) is 19.0. The number of nitrogens with two attached hydrogens (primary N) is 1. The molecule has 0 radical (unpaired) electrons. The highest BCUT2D eigenvalue weighted by Gasteiger charge is 2.26. The standard InChI is InChI=1S/C25H32N2O4S/c1-4-5-6-13-31-19-11-8-17(15-20(19)30-3)9-12-22(28)27-25-23(24(26)29)18-10-7-16(2)14-21(18)32-25/h8-9,11-12,15-16H,4-7,10,13-14H2,1-3H3,(H2,26,29)(H,27,28)/b12-9+/t16-/m1/s1. The molecule has 1 aliphatic rings. The number of hydrogen-bond acceptors (Lipinski definition) is 5. The molecule has 0 saturated heterocycles. The number of amides is 2. The van der Waals surface area contributed by atoms with Crippen LogP contribution in [0.3, 0.4) is 0 Å². The van der Waals surface area contributed by atoms with Crippen LogP contribution in [0, 0.1) is 5.92 Å². The lowest BCUT2D eigenvalue weighted by atomic mass is 9.88. The average Bonchev–Trinajstić information content (AvgIpc) is 3.12. The molecule has 0 fully saturated rings. The maximum atomic E-state index is 12.6. The van der Waals surface area contributed by atoms with Gasteiger partial charge < -0.3 is 20.5 Å². The van der Waals surface area contributed by atoms with Crippen molar-refractivity contribution in [3.05, 3.63) is 45.8 Å². The number of ether oxygens (including phenoxy) is 2. The quantitative estimate of drug-likeness (QED) is 0.380. The first-order valence-corrected chi connectivity index (χ1v) is 12.0. The lowest BCUT2D eigenvalue weighted by Crippen LogP contribution is -2.18. The smallest absolute Gasteiger partial charge is 0.251 e. The van der Waals surface area contributed by atoms with Gasteiger partial charge in [-0.1, -0.05) is 32.8 Å². The third-order valence-corrected chi connectivity index (χ3v) is 6.78. The summed E-state index contributed by atoms with van der Waals surface area (Å²) in [4.78, 5) is 25.8. The van der Waals surface area contributed by atoms with Crippen LogP contribution in [0.15, 0.2) is 24.3 Å². The van der Waals surface area contributed by atoms with Crippen molar-refractivity contribution in [2.75, 3.05) is 19.0 Å². The number of anilines is 1. The van der Waals surface area contributed by atoms with Crippen LogP contribution >= 0.6 is 11.3 Å². The van der Waals surface area contributed by atoms with Crippen LogP contribution < -0.4 is 20.5 Å². The number of hydrogen-bond donors (Lipinski definition) is 2. The van der Waals surface area contributed by atoms with Gasteiger partial charge in [-0.3, -0.25) is 9.59 Å². The Bertz CT molecular complexity index is 996. The largest absolute Gasteiger partial charge is 0.493 e. The SMILES string of the molecule is CCCCCOc1ccc(/C=C/C(=O)Nc2sc3c(c2C(N)=O)CC[C@@H](C)C3)cc1OC. The molecule has 0 aliphatic heterocycles. The maximum absolute atomic E-state index is 12.6. The second-order valence-corrected chi connectivity index (χ2v) is 9.31. The van der Waals surface area contributed by atoms with Crippen molar-refractivity contribution in [1.82, 2.24) is 0 Å². The van der Waals surface area contributed by atoms with Crippen molar-refractivity contribution in [2.24, 2.45) is 11.7 Å². The second-order valence-electron chi connectivity index (χ2n) is 8.21. The van der Waals surface area contributed by atoms with Crippen molar-refractivity contribution in [3.8, 4) is 11.5 Å². The van der Waals surface area contributed by atoms with Gasteiger partial charge in [0, 0.05) is 11.0 Å². The molecule has 2 aromatic rings. The zero-order chi connectivity index (χ0) is 23.1. The summed E-state index contributed by atoms with van der Waals surface area (Å²) in [5.41, 5.74) is 7.90. The molecule has 1 aromatic carbocycles. The predicted molar refractivity (Wildman–Crippen MR) is 130 cm³/mol. The molecule has 3 N–H and O–H groups in total. The minimum Gasteiger partial charge on any atom is -0.493 e. The van der Waals surface area contributed by atoms with Crippen LogP contribution in [0.25, 0.3) is 6.08 Å². The number of fused-ring (bicyclic) bond motifs is 1. The maximum Gasteiger partial charge on any atom is 0.251 e. The summed E-state index contributed by atoms with van der Waals surface area (Å²) in [5, 5.41) is 3.39. The lowest BCUT2D eigenvalue weighted by Gasteiger charge is -2.18. The van der Waals surface area contributed by atoms with Gasteiger partial charge in [0.15, 0.2) is 11.5 Å². The molecule has 1 atom stereocenters. The first-order chi connectivity index (χ1) is 15.4. The van der Waals surface area contributed by atoms with Gasteiger partial charge in [0.1, 0.15) is 5.00 Å². The normalized spacial score (nSPS) is 15.4. The van der Waals surface area contributed by atoms with E-state index < -0.39 is 5.91 Å². The van der Waals surface area contributed by atoms with E-state index in [2.05, 4.69) is 19.2 Å². The summed E-state index contributed by atoms with van der Waals surface area (Å²) in [7, 11) is 1.60. The number of nitrogens with one attached hydrogen (secondary N) is 1. The third kappa shape index (κ3) is 5.91. The fourth-order valence-corrected chi connectivity index (χ4v) is 5.29. The molecule has 0 bridgehead atoms. The highest BCUT2D eigenvalue weighted by molar-refractivity contribution is 7.17. The molecule has 0 unspecified atom stereocenters. The number of primary amides is 1. The number of carbonyl (C=O) groups excluding carboxylic acids is 2. The van der Waals surface area contributed by atoms with Crippen LogP contribution in [0.2, 0.25) is 0 Å². The molecule has 7 heteroatoms. The first kappa shape index (κ1) is 23.9. The molecule has 0 spiro atoms. The molecular formula is C25H32N2O4S. The van der Waals surface area contributed by atoms with Crippen LogP contribution in [0.1, 0.15) is 65.9 Å². The number of unbranched alkanes of at least 4 members (excludes halogenated alkanes) is 2. The Morgan fingerprint density at radius 3 is 2.81 bits per heavy atom. The first-order valence-electron chi connectivity index (χ1n) is 11.2. The summed E-state index contributed by atoms with van der Waals surface area (Å²) in [6, 6.07) is 5.56. The summed E-state index contributed by atoms with van der Waals surface area (Å²) >= 11 is 1.46. The van der Waals surface area contributed by atoms with E-state index >= 15 is 0 Å². The Hall–Kier alpha value is -2.80. The molecule has 1 heterocycles. The van der Waals surface area contributed by atoms with Gasteiger partial charge >= 0.3 is 0 Å². The number of benzene rings is 1. The molecule has 3 rings (SSSR count). The lowest BCUT2D eigenvalue weighted by molar-refractivity contribution is -0.111. The van der Waals surface area contributed by atoms with Gasteiger partial charge in [-0.25, -0.2) is 0 Å². The monoisotopic (exact) mass is 456 g/mol. The van der Waals surface area contributed by atoms with Crippen LogP contribution in [0.5, 0.6) is 11.5 Å². The van der Waals surface area contributed by atoms with Gasteiger partial charge in [0.25, 0.3) is 5.91 Å². The average molecular weight is 457 g/mol. The Morgan fingerprint density at radius 1 is 1.28 bits per heavy atom. The summed E-state index contributed by atoms with van der Waals surface area (Å²) in [6.45, 7) is 5.00. The van der Waals surface area contributed by atoms with Crippen LogP contribution in [-0.2, 0) is 17.6 Å². The molecule has 2 amide bonds. The Labute approximate surface area is 193 Å². The van der Waals surface area contributed by atoms with Gasteiger partial charge in [0.05, 0.1) is 19.3 Å². The van der Waals surface area contributed by atoms with Gasteiger partial charge in [-0.2, -0.15) is 0 Å². The fourth-order valence-electron chi connectivity index (χ4n) is 3.87.